The normalized spacial score (nSPS) is 11.7. The van der Waals surface area contributed by atoms with Crippen molar-refractivity contribution in [3.63, 3.8) is 0 Å². The summed E-state index contributed by atoms with van der Waals surface area (Å²) in [6.07, 6.45) is 0.626. The predicted molar refractivity (Wildman–Crippen MR) is 71.2 cm³/mol. The molecular weight excluding hydrogens is 264 g/mol. The van der Waals surface area contributed by atoms with Crippen LogP contribution in [0.4, 0.5) is 0 Å². The van der Waals surface area contributed by atoms with E-state index in [1.807, 2.05) is 38.1 Å². The van der Waals surface area contributed by atoms with E-state index >= 15 is 0 Å². The molecule has 0 radical (unpaired) electrons. The first-order valence-corrected chi connectivity index (χ1v) is 7.88. The highest BCUT2D eigenvalue weighted by molar-refractivity contribution is 7.89. The molecule has 0 saturated carbocycles. The van der Waals surface area contributed by atoms with Crippen molar-refractivity contribution in [1.29, 1.82) is 0 Å². The van der Waals surface area contributed by atoms with Gasteiger partial charge in [-0.05, 0) is 18.1 Å². The Kier molecular flexibility index (Phi) is 3.99. The molecular formula is C13H16N2O3S. The number of nitrogens with zero attached hydrogens (tertiary/aromatic N) is 2. The van der Waals surface area contributed by atoms with Gasteiger partial charge in [-0.15, -0.1) is 0 Å². The topological polar surface area (TPSA) is 73.1 Å². The summed E-state index contributed by atoms with van der Waals surface area (Å²) in [6, 6.07) is 7.43. The number of rotatable bonds is 5. The molecule has 5 nitrogen and oxygen atoms in total. The lowest BCUT2D eigenvalue weighted by atomic mass is 10.1. The van der Waals surface area contributed by atoms with E-state index in [1.54, 1.807) is 0 Å². The molecule has 0 amide bonds. The standard InChI is InChI=1S/C13H16N2O3S/c1-3-12-14-13(18-15-12)9-19(16,17)8-11-7-5-4-6-10(11)2/h4-7H,3,8-9H2,1-2H3. The Labute approximate surface area is 112 Å². The van der Waals surface area contributed by atoms with Crippen molar-refractivity contribution in [2.45, 2.75) is 31.8 Å². The molecule has 2 rings (SSSR count). The molecule has 0 saturated heterocycles. The molecule has 0 fully saturated rings. The summed E-state index contributed by atoms with van der Waals surface area (Å²) in [5.74, 6) is 0.462. The van der Waals surface area contributed by atoms with Gasteiger partial charge in [0, 0.05) is 6.42 Å². The number of benzene rings is 1. The Morgan fingerprint density at radius 1 is 1.21 bits per heavy atom. The summed E-state index contributed by atoms with van der Waals surface area (Å²) in [7, 11) is -3.30. The largest absolute Gasteiger partial charge is 0.338 e. The second kappa shape index (κ2) is 5.52. The lowest BCUT2D eigenvalue weighted by Crippen LogP contribution is -2.09. The Morgan fingerprint density at radius 3 is 2.58 bits per heavy atom. The molecule has 0 N–H and O–H groups in total. The third-order valence-corrected chi connectivity index (χ3v) is 4.24. The average Bonchev–Trinajstić information content (AvgIpc) is 2.78. The Bertz CT molecular complexity index is 662. The predicted octanol–water partition coefficient (Wildman–Crippen LogP) is 2.06. The van der Waals surface area contributed by atoms with E-state index in [2.05, 4.69) is 10.1 Å². The molecule has 2 aromatic rings. The monoisotopic (exact) mass is 280 g/mol. The minimum atomic E-state index is -3.30. The molecule has 0 bridgehead atoms. The van der Waals surface area contributed by atoms with Crippen LogP contribution in [0.15, 0.2) is 28.8 Å². The maximum Gasteiger partial charge on any atom is 0.241 e. The number of hydrogen-bond donors (Lipinski definition) is 0. The fraction of sp³-hybridized carbons (Fsp3) is 0.385. The van der Waals surface area contributed by atoms with Crippen molar-refractivity contribution in [1.82, 2.24) is 10.1 Å². The molecule has 0 spiro atoms. The van der Waals surface area contributed by atoms with Gasteiger partial charge < -0.3 is 4.52 Å². The first kappa shape index (κ1) is 13.7. The maximum atomic E-state index is 12.1. The third kappa shape index (κ3) is 3.64. The van der Waals surface area contributed by atoms with Gasteiger partial charge in [-0.1, -0.05) is 36.3 Å². The zero-order valence-corrected chi connectivity index (χ0v) is 11.8. The first-order chi connectivity index (χ1) is 9.00. The fourth-order valence-electron chi connectivity index (χ4n) is 1.74. The number of aromatic nitrogens is 2. The summed E-state index contributed by atoms with van der Waals surface area (Å²) in [5, 5.41) is 3.69. The van der Waals surface area contributed by atoms with E-state index in [0.717, 1.165) is 11.1 Å². The second-order valence-electron chi connectivity index (χ2n) is 4.42. The van der Waals surface area contributed by atoms with Gasteiger partial charge in [0.05, 0.1) is 5.75 Å². The minimum Gasteiger partial charge on any atom is -0.338 e. The van der Waals surface area contributed by atoms with Crippen LogP contribution in [0.5, 0.6) is 0 Å². The number of sulfone groups is 1. The Balaban J connectivity index is 2.13. The molecule has 1 heterocycles. The SMILES string of the molecule is CCc1noc(CS(=O)(=O)Cc2ccccc2C)n1. The van der Waals surface area contributed by atoms with Crippen LogP contribution in [-0.4, -0.2) is 18.6 Å². The lowest BCUT2D eigenvalue weighted by molar-refractivity contribution is 0.383. The molecule has 0 aliphatic carbocycles. The Morgan fingerprint density at radius 2 is 1.95 bits per heavy atom. The smallest absolute Gasteiger partial charge is 0.241 e. The van der Waals surface area contributed by atoms with E-state index in [0.29, 0.717) is 12.2 Å². The lowest BCUT2D eigenvalue weighted by Gasteiger charge is -2.05. The van der Waals surface area contributed by atoms with Crippen LogP contribution < -0.4 is 0 Å². The second-order valence-corrected chi connectivity index (χ2v) is 6.48. The van der Waals surface area contributed by atoms with Gasteiger partial charge >= 0.3 is 0 Å². The summed E-state index contributed by atoms with van der Waals surface area (Å²) in [6.45, 7) is 3.78. The van der Waals surface area contributed by atoms with Crippen LogP contribution in [0.2, 0.25) is 0 Å². The highest BCUT2D eigenvalue weighted by Gasteiger charge is 2.18. The quantitative estimate of drug-likeness (QED) is 0.838. The summed E-state index contributed by atoms with van der Waals surface area (Å²) in [4.78, 5) is 4.02. The molecule has 1 aromatic carbocycles. The van der Waals surface area contributed by atoms with Crippen LogP contribution in [0.25, 0.3) is 0 Å². The highest BCUT2D eigenvalue weighted by atomic mass is 32.2. The van der Waals surface area contributed by atoms with Gasteiger partial charge in [-0.25, -0.2) is 8.42 Å². The summed E-state index contributed by atoms with van der Waals surface area (Å²) >= 11 is 0. The maximum absolute atomic E-state index is 12.1. The van der Waals surface area contributed by atoms with Gasteiger partial charge in [0.1, 0.15) is 5.75 Å². The van der Waals surface area contributed by atoms with Gasteiger partial charge in [0.25, 0.3) is 0 Å². The van der Waals surface area contributed by atoms with E-state index in [4.69, 9.17) is 4.52 Å². The highest BCUT2D eigenvalue weighted by Crippen LogP contribution is 2.14. The number of aryl methyl sites for hydroxylation is 2. The summed E-state index contributed by atoms with van der Waals surface area (Å²) in [5.41, 5.74) is 1.77. The van der Waals surface area contributed by atoms with Gasteiger partial charge in [-0.3, -0.25) is 0 Å². The number of hydrogen-bond acceptors (Lipinski definition) is 5. The zero-order valence-electron chi connectivity index (χ0n) is 11.0. The van der Waals surface area contributed by atoms with Crippen molar-refractivity contribution < 1.29 is 12.9 Å². The van der Waals surface area contributed by atoms with E-state index in [1.165, 1.54) is 0 Å². The van der Waals surface area contributed by atoms with Crippen LogP contribution in [0.1, 0.15) is 29.8 Å². The van der Waals surface area contributed by atoms with E-state index in [9.17, 15) is 8.42 Å². The van der Waals surface area contributed by atoms with Gasteiger partial charge in [0.2, 0.25) is 5.89 Å². The molecule has 0 atom stereocenters. The van der Waals surface area contributed by atoms with Crippen molar-refractivity contribution in [3.8, 4) is 0 Å². The molecule has 102 valence electrons. The fourth-order valence-corrected chi connectivity index (χ4v) is 3.13. The van der Waals surface area contributed by atoms with Crippen molar-refractivity contribution in [2.24, 2.45) is 0 Å². The first-order valence-electron chi connectivity index (χ1n) is 6.06. The van der Waals surface area contributed by atoms with Crippen LogP contribution in [0, 0.1) is 6.92 Å². The van der Waals surface area contributed by atoms with Gasteiger partial charge in [-0.2, -0.15) is 4.98 Å². The van der Waals surface area contributed by atoms with Crippen molar-refractivity contribution in [3.05, 3.63) is 47.1 Å². The zero-order chi connectivity index (χ0) is 13.9. The minimum absolute atomic E-state index is 0.0104. The summed E-state index contributed by atoms with van der Waals surface area (Å²) < 4.78 is 29.1. The third-order valence-electron chi connectivity index (χ3n) is 2.81. The molecule has 0 aliphatic rings. The van der Waals surface area contributed by atoms with Crippen LogP contribution in [0.3, 0.4) is 0 Å². The van der Waals surface area contributed by atoms with Crippen LogP contribution in [-0.2, 0) is 27.8 Å². The van der Waals surface area contributed by atoms with Gasteiger partial charge in [0.15, 0.2) is 15.7 Å². The average molecular weight is 280 g/mol. The molecule has 0 aliphatic heterocycles. The molecule has 1 aromatic heterocycles. The molecule has 6 heteroatoms. The van der Waals surface area contributed by atoms with Crippen molar-refractivity contribution in [2.75, 3.05) is 0 Å². The van der Waals surface area contributed by atoms with E-state index in [-0.39, 0.29) is 17.4 Å². The molecule has 19 heavy (non-hydrogen) atoms. The molecule has 0 unspecified atom stereocenters. The Hall–Kier alpha value is -1.69. The van der Waals surface area contributed by atoms with Crippen molar-refractivity contribution >= 4 is 9.84 Å². The van der Waals surface area contributed by atoms with E-state index < -0.39 is 9.84 Å². The van der Waals surface area contributed by atoms with Crippen LogP contribution >= 0.6 is 0 Å².